The summed E-state index contributed by atoms with van der Waals surface area (Å²) in [5.41, 5.74) is 10.4. The molecule has 0 radical (unpaired) electrons. The molecule has 1 heterocycles. The number of benzene rings is 2. The van der Waals surface area contributed by atoms with Gasteiger partial charge in [-0.15, -0.1) is 0 Å². The van der Waals surface area contributed by atoms with Crippen LogP contribution >= 0.6 is 11.6 Å². The fraction of sp³-hybridized carbons (Fsp3) is 0.263. The van der Waals surface area contributed by atoms with Crippen LogP contribution < -0.4 is 10.5 Å². The fourth-order valence-electron chi connectivity index (χ4n) is 2.93. The summed E-state index contributed by atoms with van der Waals surface area (Å²) in [6, 6.07) is 14.1. The Morgan fingerprint density at radius 1 is 1.09 bits per heavy atom. The van der Waals surface area contributed by atoms with Crippen molar-refractivity contribution in [2.75, 3.05) is 13.7 Å². The van der Waals surface area contributed by atoms with E-state index in [0.717, 1.165) is 53.4 Å². The number of halogens is 1. The Morgan fingerprint density at radius 2 is 1.87 bits per heavy atom. The van der Waals surface area contributed by atoms with E-state index in [9.17, 15) is 0 Å². The number of ether oxygens (including phenoxy) is 1. The summed E-state index contributed by atoms with van der Waals surface area (Å²) in [5.74, 6) is 0.859. The minimum Gasteiger partial charge on any atom is -0.497 e. The Hall–Kier alpha value is -1.97. The van der Waals surface area contributed by atoms with E-state index in [4.69, 9.17) is 22.1 Å². The zero-order chi connectivity index (χ0) is 16.2. The van der Waals surface area contributed by atoms with Crippen LogP contribution in [0.5, 0.6) is 5.75 Å². The number of nitrogens with one attached hydrogen (secondary N) is 1. The number of unbranched alkanes of at least 4 members (excludes halogenated alkanes) is 1. The first-order valence-corrected chi connectivity index (χ1v) is 8.25. The summed E-state index contributed by atoms with van der Waals surface area (Å²) < 4.78 is 5.25. The maximum Gasteiger partial charge on any atom is 0.118 e. The van der Waals surface area contributed by atoms with Crippen LogP contribution in [-0.4, -0.2) is 18.6 Å². The maximum absolute atomic E-state index is 6.20. The molecule has 0 bridgehead atoms. The van der Waals surface area contributed by atoms with Crippen LogP contribution in [0.4, 0.5) is 0 Å². The number of fused-ring (bicyclic) bond motifs is 1. The second-order valence-corrected chi connectivity index (χ2v) is 6.08. The molecule has 0 aliphatic rings. The quantitative estimate of drug-likeness (QED) is 0.640. The summed E-state index contributed by atoms with van der Waals surface area (Å²) in [6.07, 6.45) is 3.08. The molecule has 0 amide bonds. The summed E-state index contributed by atoms with van der Waals surface area (Å²) >= 11 is 6.20. The molecule has 4 heteroatoms. The largest absolute Gasteiger partial charge is 0.497 e. The van der Waals surface area contributed by atoms with E-state index in [2.05, 4.69) is 17.1 Å². The van der Waals surface area contributed by atoms with Gasteiger partial charge >= 0.3 is 0 Å². The van der Waals surface area contributed by atoms with Crippen LogP contribution in [0.3, 0.4) is 0 Å². The highest BCUT2D eigenvalue weighted by Gasteiger charge is 2.13. The minimum absolute atomic E-state index is 0.723. The van der Waals surface area contributed by atoms with Crippen molar-refractivity contribution in [1.82, 2.24) is 4.98 Å². The monoisotopic (exact) mass is 328 g/mol. The topological polar surface area (TPSA) is 51.0 Å². The van der Waals surface area contributed by atoms with Gasteiger partial charge in [0.2, 0.25) is 0 Å². The first kappa shape index (κ1) is 15.9. The van der Waals surface area contributed by atoms with Crippen molar-refractivity contribution in [3.05, 3.63) is 53.1 Å². The van der Waals surface area contributed by atoms with Crippen LogP contribution in [-0.2, 0) is 6.42 Å². The molecule has 0 aliphatic heterocycles. The third-order valence-electron chi connectivity index (χ3n) is 4.13. The lowest BCUT2D eigenvalue weighted by atomic mass is 10.0. The highest BCUT2D eigenvalue weighted by molar-refractivity contribution is 6.31. The number of nitrogens with two attached hydrogens (primary N) is 1. The molecule has 0 unspecified atom stereocenters. The Bertz CT molecular complexity index is 793. The van der Waals surface area contributed by atoms with Crippen molar-refractivity contribution in [1.29, 1.82) is 0 Å². The lowest BCUT2D eigenvalue weighted by molar-refractivity contribution is 0.415. The lowest BCUT2D eigenvalue weighted by Gasteiger charge is -2.06. The van der Waals surface area contributed by atoms with Crippen LogP contribution in [0.2, 0.25) is 5.02 Å². The Morgan fingerprint density at radius 3 is 2.57 bits per heavy atom. The molecular formula is C19H21ClN2O. The minimum atomic E-state index is 0.723. The molecule has 3 aromatic rings. The van der Waals surface area contributed by atoms with Gasteiger partial charge in [0.1, 0.15) is 5.75 Å². The molecule has 0 saturated carbocycles. The Balaban J connectivity index is 2.07. The fourth-order valence-corrected chi connectivity index (χ4v) is 3.10. The molecule has 3 N–H and O–H groups in total. The smallest absolute Gasteiger partial charge is 0.118 e. The third-order valence-corrected chi connectivity index (χ3v) is 4.36. The van der Waals surface area contributed by atoms with Crippen LogP contribution in [0, 0.1) is 0 Å². The molecule has 120 valence electrons. The Labute approximate surface area is 141 Å². The Kier molecular flexibility index (Phi) is 4.89. The molecule has 0 aliphatic carbocycles. The van der Waals surface area contributed by atoms with Gasteiger partial charge in [0.25, 0.3) is 0 Å². The molecule has 3 rings (SSSR count). The van der Waals surface area contributed by atoms with E-state index < -0.39 is 0 Å². The molecule has 1 aromatic heterocycles. The summed E-state index contributed by atoms with van der Waals surface area (Å²) in [4.78, 5) is 3.54. The lowest BCUT2D eigenvalue weighted by Crippen LogP contribution is -1.99. The summed E-state index contributed by atoms with van der Waals surface area (Å²) in [7, 11) is 1.68. The van der Waals surface area contributed by atoms with E-state index >= 15 is 0 Å². The first-order valence-electron chi connectivity index (χ1n) is 7.87. The van der Waals surface area contributed by atoms with Gasteiger partial charge in [0.15, 0.2) is 0 Å². The molecule has 23 heavy (non-hydrogen) atoms. The molecular weight excluding hydrogens is 308 g/mol. The molecule has 3 nitrogen and oxygen atoms in total. The second kappa shape index (κ2) is 7.07. The van der Waals surface area contributed by atoms with Crippen molar-refractivity contribution >= 4 is 22.5 Å². The van der Waals surface area contributed by atoms with E-state index in [-0.39, 0.29) is 0 Å². The van der Waals surface area contributed by atoms with Gasteiger partial charge < -0.3 is 15.5 Å². The number of aromatic amines is 1. The van der Waals surface area contributed by atoms with Crippen LogP contribution in [0.25, 0.3) is 22.2 Å². The van der Waals surface area contributed by atoms with Crippen LogP contribution in [0.1, 0.15) is 18.4 Å². The molecule has 0 fully saturated rings. The molecule has 0 spiro atoms. The van der Waals surface area contributed by atoms with E-state index in [1.807, 2.05) is 30.3 Å². The van der Waals surface area contributed by atoms with Crippen molar-refractivity contribution < 1.29 is 4.74 Å². The van der Waals surface area contributed by atoms with Gasteiger partial charge in [0.05, 0.1) is 7.11 Å². The van der Waals surface area contributed by atoms with Gasteiger partial charge in [-0.3, -0.25) is 0 Å². The van der Waals surface area contributed by atoms with Gasteiger partial charge in [-0.2, -0.15) is 0 Å². The maximum atomic E-state index is 6.20. The number of aromatic nitrogens is 1. The normalized spacial score (nSPS) is 11.1. The van der Waals surface area contributed by atoms with E-state index in [1.54, 1.807) is 7.11 Å². The van der Waals surface area contributed by atoms with Crippen molar-refractivity contribution in [2.45, 2.75) is 19.3 Å². The van der Waals surface area contributed by atoms with Crippen LogP contribution in [0.15, 0.2) is 42.5 Å². The van der Waals surface area contributed by atoms with Gasteiger partial charge in [0, 0.05) is 21.6 Å². The average molecular weight is 329 g/mol. The van der Waals surface area contributed by atoms with Crippen molar-refractivity contribution in [2.24, 2.45) is 5.73 Å². The molecule has 0 atom stereocenters. The molecule has 2 aromatic carbocycles. The zero-order valence-electron chi connectivity index (χ0n) is 13.2. The SMILES string of the molecule is COc1ccc(-c2[nH]c3ccc(Cl)cc3c2CCCCN)cc1. The number of H-pyrrole nitrogens is 1. The number of hydrogen-bond acceptors (Lipinski definition) is 2. The predicted molar refractivity (Wildman–Crippen MR) is 97.3 cm³/mol. The van der Waals surface area contributed by atoms with E-state index in [1.165, 1.54) is 10.9 Å². The standard InChI is InChI=1S/C19H21ClN2O/c1-23-15-8-5-13(6-9-15)19-16(4-2-3-11-21)17-12-14(20)7-10-18(17)22-19/h5-10,12,22H,2-4,11,21H2,1H3. The van der Waals surface area contributed by atoms with Gasteiger partial charge in [-0.25, -0.2) is 0 Å². The number of rotatable bonds is 6. The third kappa shape index (κ3) is 3.36. The van der Waals surface area contributed by atoms with Crippen molar-refractivity contribution in [3.8, 4) is 17.0 Å². The average Bonchev–Trinajstić information content (AvgIpc) is 2.93. The van der Waals surface area contributed by atoms with E-state index in [0.29, 0.717) is 0 Å². The summed E-state index contributed by atoms with van der Waals surface area (Å²) in [6.45, 7) is 0.723. The second-order valence-electron chi connectivity index (χ2n) is 5.64. The van der Waals surface area contributed by atoms with Gasteiger partial charge in [-0.1, -0.05) is 11.6 Å². The highest BCUT2D eigenvalue weighted by Crippen LogP contribution is 2.33. The number of aryl methyl sites for hydroxylation is 1. The number of methoxy groups -OCH3 is 1. The van der Waals surface area contributed by atoms with Crippen molar-refractivity contribution in [3.63, 3.8) is 0 Å². The zero-order valence-corrected chi connectivity index (χ0v) is 14.0. The van der Waals surface area contributed by atoms with Gasteiger partial charge in [-0.05, 0) is 79.4 Å². The molecule has 0 saturated heterocycles. The number of hydrogen-bond donors (Lipinski definition) is 2. The predicted octanol–water partition coefficient (Wildman–Crippen LogP) is 4.78. The summed E-state index contributed by atoms with van der Waals surface area (Å²) in [5, 5.41) is 1.96. The highest BCUT2D eigenvalue weighted by atomic mass is 35.5. The first-order chi connectivity index (χ1) is 11.2.